The van der Waals surface area contributed by atoms with Crippen molar-refractivity contribution in [3.8, 4) is 0 Å². The van der Waals surface area contributed by atoms with Gasteiger partial charge in [-0.3, -0.25) is 4.79 Å². The van der Waals surface area contributed by atoms with E-state index in [1.54, 1.807) is 6.07 Å². The van der Waals surface area contributed by atoms with Crippen molar-refractivity contribution >= 4 is 11.6 Å². The maximum Gasteiger partial charge on any atom is 0.220 e. The zero-order chi connectivity index (χ0) is 14.5. The molecule has 4 N–H and O–H groups in total. The van der Waals surface area contributed by atoms with E-state index in [4.69, 9.17) is 5.73 Å². The largest absolute Gasteiger partial charge is 0.390 e. The molecule has 5 heteroatoms. The number of nitrogens with two attached hydrogens (primary N) is 1. The first-order valence-electron chi connectivity index (χ1n) is 7.08. The van der Waals surface area contributed by atoms with Crippen molar-refractivity contribution in [1.29, 1.82) is 0 Å². The number of piperidine rings is 1. The summed E-state index contributed by atoms with van der Waals surface area (Å²) in [7, 11) is 0. The van der Waals surface area contributed by atoms with Gasteiger partial charge in [0.15, 0.2) is 0 Å². The molecular weight excluding hydrogens is 256 g/mol. The minimum Gasteiger partial charge on any atom is -0.390 e. The average Bonchev–Trinajstić information content (AvgIpc) is 2.46. The Bertz CT molecular complexity index is 458. The highest BCUT2D eigenvalue weighted by Crippen LogP contribution is 2.30. The molecule has 110 valence electrons. The minimum atomic E-state index is -1.17. The number of aliphatic hydroxyl groups excluding tert-OH is 2. The van der Waals surface area contributed by atoms with Gasteiger partial charge in [-0.05, 0) is 25.3 Å². The standard InChI is InChI=1S/C15H22N2O3/c16-14(19)10-13(18)15(20)11-6-2-3-7-12(11)17-8-4-1-5-9-17/h2-3,6-7,13,15,18,20H,1,4-5,8-10H2,(H2,16,19). The Balaban J connectivity index is 2.20. The normalized spacial score (nSPS) is 18.6. The third-order valence-electron chi connectivity index (χ3n) is 3.73. The monoisotopic (exact) mass is 278 g/mol. The van der Waals surface area contributed by atoms with Crippen LogP contribution in [0, 0.1) is 0 Å². The number of carbonyl (C=O) groups is 1. The Labute approximate surface area is 119 Å². The molecule has 1 heterocycles. The van der Waals surface area contributed by atoms with Crippen LogP contribution in [0.3, 0.4) is 0 Å². The molecule has 2 atom stereocenters. The quantitative estimate of drug-likeness (QED) is 0.748. The average molecular weight is 278 g/mol. The van der Waals surface area contributed by atoms with E-state index in [2.05, 4.69) is 4.90 Å². The molecule has 1 aromatic rings. The Morgan fingerprint density at radius 2 is 1.85 bits per heavy atom. The van der Waals surface area contributed by atoms with Gasteiger partial charge in [0.05, 0.1) is 12.5 Å². The fourth-order valence-corrected chi connectivity index (χ4v) is 2.69. The second-order valence-electron chi connectivity index (χ2n) is 5.29. The van der Waals surface area contributed by atoms with Crippen LogP contribution in [0.1, 0.15) is 37.4 Å². The van der Waals surface area contributed by atoms with Crippen LogP contribution in [0.15, 0.2) is 24.3 Å². The van der Waals surface area contributed by atoms with E-state index in [1.807, 2.05) is 18.2 Å². The van der Waals surface area contributed by atoms with Crippen LogP contribution in [0.5, 0.6) is 0 Å². The highest BCUT2D eigenvalue weighted by Gasteiger charge is 2.24. The van der Waals surface area contributed by atoms with E-state index < -0.39 is 18.1 Å². The summed E-state index contributed by atoms with van der Waals surface area (Å²) < 4.78 is 0. The van der Waals surface area contributed by atoms with E-state index in [9.17, 15) is 15.0 Å². The van der Waals surface area contributed by atoms with Crippen molar-refractivity contribution in [3.05, 3.63) is 29.8 Å². The zero-order valence-electron chi connectivity index (χ0n) is 11.5. The minimum absolute atomic E-state index is 0.241. The lowest BCUT2D eigenvalue weighted by Crippen LogP contribution is -2.32. The molecule has 0 aromatic heterocycles. The molecular formula is C15H22N2O3. The second kappa shape index (κ2) is 6.72. The Morgan fingerprint density at radius 1 is 1.20 bits per heavy atom. The topological polar surface area (TPSA) is 86.8 Å². The first kappa shape index (κ1) is 14.8. The third kappa shape index (κ3) is 3.49. The molecule has 1 aliphatic rings. The first-order chi connectivity index (χ1) is 9.59. The summed E-state index contributed by atoms with van der Waals surface area (Å²) in [6.07, 6.45) is 0.989. The SMILES string of the molecule is NC(=O)CC(O)C(O)c1ccccc1N1CCCCC1. The molecule has 1 aromatic carbocycles. The zero-order valence-corrected chi connectivity index (χ0v) is 11.5. The number of amides is 1. The summed E-state index contributed by atoms with van der Waals surface area (Å²) in [5, 5.41) is 20.2. The van der Waals surface area contributed by atoms with Crippen molar-refractivity contribution in [3.63, 3.8) is 0 Å². The summed E-state index contributed by atoms with van der Waals surface area (Å²) in [5.41, 5.74) is 6.66. The molecule has 0 saturated carbocycles. The van der Waals surface area contributed by atoms with E-state index in [0.717, 1.165) is 31.6 Å². The van der Waals surface area contributed by atoms with Gasteiger partial charge >= 0.3 is 0 Å². The molecule has 0 bridgehead atoms. The number of rotatable bonds is 5. The van der Waals surface area contributed by atoms with Crippen molar-refractivity contribution in [2.45, 2.75) is 37.9 Å². The lowest BCUT2D eigenvalue weighted by molar-refractivity contribution is -0.121. The third-order valence-corrected chi connectivity index (χ3v) is 3.73. The number of anilines is 1. The lowest BCUT2D eigenvalue weighted by Gasteiger charge is -2.32. The summed E-state index contributed by atoms with van der Waals surface area (Å²) in [6, 6.07) is 7.48. The van der Waals surface area contributed by atoms with Gasteiger partial charge in [0.1, 0.15) is 6.10 Å². The molecule has 0 spiro atoms. The number of hydrogen-bond donors (Lipinski definition) is 3. The molecule has 5 nitrogen and oxygen atoms in total. The van der Waals surface area contributed by atoms with Crippen molar-refractivity contribution in [2.24, 2.45) is 5.73 Å². The van der Waals surface area contributed by atoms with Gasteiger partial charge in [-0.15, -0.1) is 0 Å². The highest BCUT2D eigenvalue weighted by atomic mass is 16.3. The van der Waals surface area contributed by atoms with Gasteiger partial charge in [0, 0.05) is 24.3 Å². The number of primary amides is 1. The highest BCUT2D eigenvalue weighted by molar-refractivity contribution is 5.74. The van der Waals surface area contributed by atoms with Gasteiger partial charge in [-0.2, -0.15) is 0 Å². The van der Waals surface area contributed by atoms with Gasteiger partial charge < -0.3 is 20.8 Å². The maximum absolute atomic E-state index is 10.9. The Morgan fingerprint density at radius 3 is 2.50 bits per heavy atom. The molecule has 2 unspecified atom stereocenters. The molecule has 1 saturated heterocycles. The molecule has 2 rings (SSSR count). The van der Waals surface area contributed by atoms with Crippen LogP contribution in [-0.2, 0) is 4.79 Å². The molecule has 1 fully saturated rings. The smallest absolute Gasteiger partial charge is 0.220 e. The van der Waals surface area contributed by atoms with Crippen LogP contribution in [0.2, 0.25) is 0 Å². The fraction of sp³-hybridized carbons (Fsp3) is 0.533. The van der Waals surface area contributed by atoms with Crippen molar-refractivity contribution < 1.29 is 15.0 Å². The Hall–Kier alpha value is -1.59. The Kier molecular flexibility index (Phi) is 4.98. The van der Waals surface area contributed by atoms with Crippen molar-refractivity contribution in [2.75, 3.05) is 18.0 Å². The van der Waals surface area contributed by atoms with Crippen LogP contribution in [-0.4, -0.2) is 35.3 Å². The summed E-state index contributed by atoms with van der Waals surface area (Å²) in [5.74, 6) is -0.619. The number of nitrogens with zero attached hydrogens (tertiary/aromatic N) is 1. The number of benzene rings is 1. The van der Waals surface area contributed by atoms with Crippen molar-refractivity contribution in [1.82, 2.24) is 0 Å². The lowest BCUT2D eigenvalue weighted by atomic mass is 9.98. The van der Waals surface area contributed by atoms with Crippen LogP contribution in [0.4, 0.5) is 5.69 Å². The number of carbonyl (C=O) groups excluding carboxylic acids is 1. The van der Waals surface area contributed by atoms with Gasteiger partial charge in [-0.1, -0.05) is 18.2 Å². The molecule has 0 radical (unpaired) electrons. The van der Waals surface area contributed by atoms with E-state index in [-0.39, 0.29) is 6.42 Å². The second-order valence-corrected chi connectivity index (χ2v) is 5.29. The van der Waals surface area contributed by atoms with Gasteiger partial charge in [0.25, 0.3) is 0 Å². The predicted molar refractivity (Wildman–Crippen MR) is 77.3 cm³/mol. The van der Waals surface area contributed by atoms with E-state index >= 15 is 0 Å². The molecule has 1 amide bonds. The first-order valence-corrected chi connectivity index (χ1v) is 7.08. The predicted octanol–water partition coefficient (Wildman–Crippen LogP) is 0.947. The summed E-state index contributed by atoms with van der Waals surface area (Å²) in [4.78, 5) is 13.1. The maximum atomic E-state index is 10.9. The van der Waals surface area contributed by atoms with E-state index in [1.165, 1.54) is 6.42 Å². The molecule has 0 aliphatic carbocycles. The fourth-order valence-electron chi connectivity index (χ4n) is 2.69. The number of para-hydroxylation sites is 1. The summed E-state index contributed by atoms with van der Waals surface area (Å²) >= 11 is 0. The summed E-state index contributed by atoms with van der Waals surface area (Å²) in [6.45, 7) is 1.91. The van der Waals surface area contributed by atoms with Gasteiger partial charge in [0.2, 0.25) is 5.91 Å². The molecule has 20 heavy (non-hydrogen) atoms. The van der Waals surface area contributed by atoms with E-state index in [0.29, 0.717) is 5.56 Å². The van der Waals surface area contributed by atoms with Gasteiger partial charge in [-0.25, -0.2) is 0 Å². The van der Waals surface area contributed by atoms with Crippen LogP contribution >= 0.6 is 0 Å². The van der Waals surface area contributed by atoms with Crippen LogP contribution in [0.25, 0.3) is 0 Å². The number of aliphatic hydroxyl groups is 2. The van der Waals surface area contributed by atoms with Crippen LogP contribution < -0.4 is 10.6 Å². The molecule has 1 aliphatic heterocycles. The number of hydrogen-bond acceptors (Lipinski definition) is 4.